The highest BCUT2D eigenvalue weighted by Gasteiger charge is 2.19. The number of methoxy groups -OCH3 is 1. The highest BCUT2D eigenvalue weighted by atomic mass is 16.5. The normalized spacial score (nSPS) is 10.5. The fourth-order valence-corrected chi connectivity index (χ4v) is 2.06. The second-order valence-electron chi connectivity index (χ2n) is 4.12. The number of benzene rings is 1. The molecule has 5 heteroatoms. The predicted octanol–water partition coefficient (Wildman–Crippen LogP) is 2.47. The molecule has 19 heavy (non-hydrogen) atoms. The third-order valence-electron chi connectivity index (χ3n) is 2.95. The first-order valence-corrected chi connectivity index (χ1v) is 5.95. The van der Waals surface area contributed by atoms with E-state index in [1.165, 1.54) is 0 Å². The van der Waals surface area contributed by atoms with Crippen molar-refractivity contribution in [2.24, 2.45) is 0 Å². The molecule has 0 atom stereocenters. The predicted molar refractivity (Wildman–Crippen MR) is 70.9 cm³/mol. The van der Waals surface area contributed by atoms with Crippen molar-refractivity contribution in [1.29, 1.82) is 0 Å². The number of aromatic nitrogens is 1. The Morgan fingerprint density at radius 2 is 2.16 bits per heavy atom. The van der Waals surface area contributed by atoms with E-state index in [1.807, 2.05) is 13.0 Å². The van der Waals surface area contributed by atoms with Gasteiger partial charge in [-0.05, 0) is 31.5 Å². The van der Waals surface area contributed by atoms with Gasteiger partial charge in [-0.1, -0.05) is 0 Å². The van der Waals surface area contributed by atoms with Crippen LogP contribution in [0.4, 0.5) is 0 Å². The van der Waals surface area contributed by atoms with Gasteiger partial charge >= 0.3 is 5.97 Å². The number of ether oxygens (including phenoxy) is 2. The van der Waals surface area contributed by atoms with E-state index in [2.05, 4.69) is 4.98 Å². The van der Waals surface area contributed by atoms with Crippen LogP contribution in [0.2, 0.25) is 0 Å². The van der Waals surface area contributed by atoms with Gasteiger partial charge in [-0.15, -0.1) is 0 Å². The maximum atomic E-state index is 11.8. The summed E-state index contributed by atoms with van der Waals surface area (Å²) in [4.78, 5) is 25.9. The number of hydrogen-bond acceptors (Lipinski definition) is 4. The summed E-state index contributed by atoms with van der Waals surface area (Å²) in [6.07, 6.45) is 0.653. The van der Waals surface area contributed by atoms with Gasteiger partial charge in [0.25, 0.3) is 0 Å². The number of nitrogens with one attached hydrogen (secondary N) is 1. The molecule has 0 aliphatic rings. The standard InChI is InChI=1S/C14H15NO4/c1-4-19-14(17)13-10(7-16)9-6-12(18-3)8(2)5-11(9)15-13/h5-7,15H,4H2,1-3H3. The van der Waals surface area contributed by atoms with Crippen LogP contribution < -0.4 is 4.74 Å². The van der Waals surface area contributed by atoms with Crippen LogP contribution in [0.1, 0.15) is 33.3 Å². The SMILES string of the molecule is CCOC(=O)c1[nH]c2cc(C)c(OC)cc2c1C=O. The number of carbonyl (C=O) groups excluding carboxylic acids is 2. The van der Waals surface area contributed by atoms with E-state index in [-0.39, 0.29) is 12.3 Å². The summed E-state index contributed by atoms with van der Waals surface area (Å²) >= 11 is 0. The second-order valence-corrected chi connectivity index (χ2v) is 4.12. The lowest BCUT2D eigenvalue weighted by atomic mass is 10.1. The van der Waals surface area contributed by atoms with E-state index in [0.717, 1.165) is 5.56 Å². The summed E-state index contributed by atoms with van der Waals surface area (Å²) in [5.41, 5.74) is 2.11. The number of H-pyrrole nitrogens is 1. The number of aromatic amines is 1. The highest BCUT2D eigenvalue weighted by molar-refractivity contribution is 6.08. The van der Waals surface area contributed by atoms with Crippen molar-refractivity contribution in [2.75, 3.05) is 13.7 Å². The Morgan fingerprint density at radius 1 is 1.42 bits per heavy atom. The molecule has 0 bridgehead atoms. The minimum atomic E-state index is -0.530. The molecule has 1 heterocycles. The Balaban J connectivity index is 2.67. The monoisotopic (exact) mass is 261 g/mol. The third kappa shape index (κ3) is 2.19. The van der Waals surface area contributed by atoms with Crippen molar-refractivity contribution in [1.82, 2.24) is 4.98 Å². The first-order chi connectivity index (χ1) is 9.12. The molecule has 0 fully saturated rings. The smallest absolute Gasteiger partial charge is 0.355 e. The molecule has 5 nitrogen and oxygen atoms in total. The number of carbonyl (C=O) groups is 2. The van der Waals surface area contributed by atoms with Crippen LogP contribution in [-0.4, -0.2) is 31.0 Å². The van der Waals surface area contributed by atoms with Crippen LogP contribution >= 0.6 is 0 Å². The summed E-state index contributed by atoms with van der Waals surface area (Å²) in [5, 5.41) is 0.653. The second kappa shape index (κ2) is 5.14. The lowest BCUT2D eigenvalue weighted by Gasteiger charge is -2.04. The summed E-state index contributed by atoms with van der Waals surface area (Å²) in [6, 6.07) is 3.58. The molecule has 0 unspecified atom stereocenters. The molecule has 0 radical (unpaired) electrons. The van der Waals surface area contributed by atoms with Crippen LogP contribution in [0.5, 0.6) is 5.75 Å². The lowest BCUT2D eigenvalue weighted by molar-refractivity contribution is 0.0518. The fraction of sp³-hybridized carbons (Fsp3) is 0.286. The molecule has 0 spiro atoms. The van der Waals surface area contributed by atoms with Gasteiger partial charge in [0.1, 0.15) is 11.4 Å². The van der Waals surface area contributed by atoms with Gasteiger partial charge in [-0.3, -0.25) is 4.79 Å². The topological polar surface area (TPSA) is 68.4 Å². The van der Waals surface area contributed by atoms with Crippen molar-refractivity contribution in [3.05, 3.63) is 29.0 Å². The number of fused-ring (bicyclic) bond motifs is 1. The van der Waals surface area contributed by atoms with Crippen LogP contribution in [-0.2, 0) is 4.74 Å². The van der Waals surface area contributed by atoms with Crippen molar-refractivity contribution in [2.45, 2.75) is 13.8 Å². The van der Waals surface area contributed by atoms with Crippen LogP contribution in [0, 0.1) is 6.92 Å². The van der Waals surface area contributed by atoms with Crippen molar-refractivity contribution >= 4 is 23.2 Å². The zero-order valence-electron chi connectivity index (χ0n) is 11.1. The molecule has 1 aromatic carbocycles. The van der Waals surface area contributed by atoms with Gasteiger partial charge < -0.3 is 14.5 Å². The molecular weight excluding hydrogens is 246 g/mol. The van der Waals surface area contributed by atoms with E-state index in [4.69, 9.17) is 9.47 Å². The van der Waals surface area contributed by atoms with Crippen LogP contribution in [0.3, 0.4) is 0 Å². The molecule has 1 aromatic heterocycles. The number of aldehydes is 1. The van der Waals surface area contributed by atoms with E-state index in [1.54, 1.807) is 20.1 Å². The molecule has 100 valence electrons. The minimum absolute atomic E-state index is 0.180. The maximum Gasteiger partial charge on any atom is 0.355 e. The fourth-order valence-electron chi connectivity index (χ4n) is 2.06. The zero-order valence-corrected chi connectivity index (χ0v) is 11.1. The first kappa shape index (κ1) is 13.1. The summed E-state index contributed by atoms with van der Waals surface area (Å²) in [7, 11) is 1.56. The largest absolute Gasteiger partial charge is 0.496 e. The number of hydrogen-bond donors (Lipinski definition) is 1. The zero-order chi connectivity index (χ0) is 14.0. The van der Waals surface area contributed by atoms with Crippen molar-refractivity contribution in [3.8, 4) is 5.75 Å². The van der Waals surface area contributed by atoms with Gasteiger partial charge in [-0.25, -0.2) is 4.79 Å². The third-order valence-corrected chi connectivity index (χ3v) is 2.95. The molecule has 2 aromatic rings. The Labute approximate surface area is 110 Å². The number of rotatable bonds is 4. The Hall–Kier alpha value is -2.30. The Bertz CT molecular complexity index is 642. The average molecular weight is 261 g/mol. The minimum Gasteiger partial charge on any atom is -0.496 e. The number of aryl methyl sites for hydroxylation is 1. The van der Waals surface area contributed by atoms with Crippen LogP contribution in [0.15, 0.2) is 12.1 Å². The Morgan fingerprint density at radius 3 is 2.74 bits per heavy atom. The lowest BCUT2D eigenvalue weighted by Crippen LogP contribution is -2.07. The first-order valence-electron chi connectivity index (χ1n) is 5.95. The van der Waals surface area contributed by atoms with Gasteiger partial charge in [0, 0.05) is 10.9 Å². The molecule has 1 N–H and O–H groups in total. The molecule has 2 rings (SSSR count). The summed E-state index contributed by atoms with van der Waals surface area (Å²) < 4.78 is 10.2. The van der Waals surface area contributed by atoms with E-state index in [0.29, 0.717) is 28.5 Å². The number of esters is 1. The molecule has 0 saturated carbocycles. The highest BCUT2D eigenvalue weighted by Crippen LogP contribution is 2.29. The molecule has 0 amide bonds. The van der Waals surface area contributed by atoms with Crippen molar-refractivity contribution < 1.29 is 19.1 Å². The quantitative estimate of drug-likeness (QED) is 0.678. The van der Waals surface area contributed by atoms with Gasteiger partial charge in [-0.2, -0.15) is 0 Å². The summed E-state index contributed by atoms with van der Waals surface area (Å²) in [5.74, 6) is 0.141. The Kier molecular flexibility index (Phi) is 3.55. The van der Waals surface area contributed by atoms with E-state index >= 15 is 0 Å². The van der Waals surface area contributed by atoms with E-state index in [9.17, 15) is 9.59 Å². The average Bonchev–Trinajstić information content (AvgIpc) is 2.75. The van der Waals surface area contributed by atoms with Crippen LogP contribution in [0.25, 0.3) is 10.9 Å². The van der Waals surface area contributed by atoms with E-state index < -0.39 is 5.97 Å². The molecular formula is C14H15NO4. The van der Waals surface area contributed by atoms with Gasteiger partial charge in [0.15, 0.2) is 6.29 Å². The molecule has 0 aliphatic carbocycles. The molecule has 0 saturated heterocycles. The van der Waals surface area contributed by atoms with Gasteiger partial charge in [0.2, 0.25) is 0 Å². The maximum absolute atomic E-state index is 11.8. The van der Waals surface area contributed by atoms with Crippen molar-refractivity contribution in [3.63, 3.8) is 0 Å². The van der Waals surface area contributed by atoms with Gasteiger partial charge in [0.05, 0.1) is 19.3 Å². The summed E-state index contributed by atoms with van der Waals surface area (Å²) in [6.45, 7) is 3.87. The molecule has 0 aliphatic heterocycles.